The van der Waals surface area contributed by atoms with Crippen molar-refractivity contribution < 1.29 is 19.1 Å². The maximum Gasteiger partial charge on any atom is 0.251 e. The van der Waals surface area contributed by atoms with E-state index in [1.165, 1.54) is 0 Å². The average Bonchev–Trinajstić information content (AvgIpc) is 3.21. The van der Waals surface area contributed by atoms with Crippen molar-refractivity contribution in [3.8, 4) is 11.5 Å². The van der Waals surface area contributed by atoms with Gasteiger partial charge in [0.05, 0.1) is 26.8 Å². The van der Waals surface area contributed by atoms with Gasteiger partial charge < -0.3 is 19.7 Å². The molecule has 1 aliphatic rings. The first-order chi connectivity index (χ1) is 13.5. The van der Waals surface area contributed by atoms with Gasteiger partial charge in [0.25, 0.3) is 5.91 Å². The molecule has 148 valence electrons. The van der Waals surface area contributed by atoms with Crippen molar-refractivity contribution in [2.45, 2.75) is 25.8 Å². The first-order valence-electron chi connectivity index (χ1n) is 9.39. The zero-order valence-corrected chi connectivity index (χ0v) is 16.5. The number of nitrogens with one attached hydrogen (secondary N) is 1. The summed E-state index contributed by atoms with van der Waals surface area (Å²) in [7, 11) is 3.19. The maximum atomic E-state index is 12.8. The fourth-order valence-electron chi connectivity index (χ4n) is 3.54. The lowest BCUT2D eigenvalue weighted by Crippen LogP contribution is -2.39. The molecule has 6 heteroatoms. The van der Waals surface area contributed by atoms with Crippen molar-refractivity contribution in [2.24, 2.45) is 0 Å². The fourth-order valence-corrected chi connectivity index (χ4v) is 3.54. The molecule has 0 spiro atoms. The third kappa shape index (κ3) is 4.27. The van der Waals surface area contributed by atoms with E-state index >= 15 is 0 Å². The zero-order valence-electron chi connectivity index (χ0n) is 16.5. The molecule has 1 fully saturated rings. The van der Waals surface area contributed by atoms with Gasteiger partial charge >= 0.3 is 0 Å². The van der Waals surface area contributed by atoms with Crippen LogP contribution in [0, 0.1) is 6.92 Å². The molecule has 1 N–H and O–H groups in total. The van der Waals surface area contributed by atoms with Gasteiger partial charge in [-0.2, -0.15) is 0 Å². The predicted molar refractivity (Wildman–Crippen MR) is 107 cm³/mol. The molecule has 6 nitrogen and oxygen atoms in total. The van der Waals surface area contributed by atoms with E-state index in [4.69, 9.17) is 9.47 Å². The van der Waals surface area contributed by atoms with Crippen LogP contribution in [0.3, 0.4) is 0 Å². The van der Waals surface area contributed by atoms with Crippen molar-refractivity contribution >= 4 is 11.8 Å². The number of hydrogen-bond acceptors (Lipinski definition) is 4. The summed E-state index contributed by atoms with van der Waals surface area (Å²) in [6, 6.07) is 13.0. The fraction of sp³-hybridized carbons (Fsp3) is 0.364. The highest BCUT2D eigenvalue weighted by Gasteiger charge is 2.30. The van der Waals surface area contributed by atoms with Crippen LogP contribution in [0.1, 0.15) is 40.4 Å². The molecule has 1 unspecified atom stereocenters. The average molecular weight is 382 g/mol. The van der Waals surface area contributed by atoms with Gasteiger partial charge in [0.1, 0.15) is 0 Å². The van der Waals surface area contributed by atoms with Gasteiger partial charge in [-0.25, -0.2) is 0 Å². The van der Waals surface area contributed by atoms with Crippen molar-refractivity contribution in [1.29, 1.82) is 0 Å². The molecule has 0 saturated carbocycles. The normalized spacial score (nSPS) is 16.0. The van der Waals surface area contributed by atoms with Crippen molar-refractivity contribution in [3.05, 3.63) is 59.2 Å². The second-order valence-electron chi connectivity index (χ2n) is 6.91. The Balaban J connectivity index is 1.66. The van der Waals surface area contributed by atoms with Gasteiger partial charge in [-0.1, -0.05) is 23.8 Å². The highest BCUT2D eigenvalue weighted by Crippen LogP contribution is 2.36. The molecule has 0 bridgehead atoms. The number of carbonyl (C=O) groups is 2. The third-order valence-electron chi connectivity index (χ3n) is 5.08. The van der Waals surface area contributed by atoms with Crippen LogP contribution < -0.4 is 14.8 Å². The van der Waals surface area contributed by atoms with Crippen LogP contribution in [0.5, 0.6) is 11.5 Å². The van der Waals surface area contributed by atoms with Crippen LogP contribution in [0.2, 0.25) is 0 Å². The summed E-state index contributed by atoms with van der Waals surface area (Å²) >= 11 is 0. The Kier molecular flexibility index (Phi) is 6.19. The monoisotopic (exact) mass is 382 g/mol. The van der Waals surface area contributed by atoms with Crippen LogP contribution in [0.4, 0.5) is 0 Å². The van der Waals surface area contributed by atoms with Crippen LogP contribution in [0.25, 0.3) is 0 Å². The molecule has 2 aromatic rings. The van der Waals surface area contributed by atoms with E-state index in [1.54, 1.807) is 26.4 Å². The van der Waals surface area contributed by atoms with Gasteiger partial charge in [0, 0.05) is 12.1 Å². The summed E-state index contributed by atoms with van der Waals surface area (Å²) in [5, 5.41) is 2.73. The minimum Gasteiger partial charge on any atom is -0.493 e. The van der Waals surface area contributed by atoms with Crippen LogP contribution in [0.15, 0.2) is 42.5 Å². The molecule has 3 rings (SSSR count). The van der Waals surface area contributed by atoms with E-state index < -0.39 is 0 Å². The minimum atomic E-state index is -0.241. The van der Waals surface area contributed by atoms with E-state index in [0.29, 0.717) is 23.6 Å². The molecule has 1 atom stereocenters. The highest BCUT2D eigenvalue weighted by atomic mass is 16.5. The largest absolute Gasteiger partial charge is 0.493 e. The smallest absolute Gasteiger partial charge is 0.251 e. The number of nitrogens with zero attached hydrogens (tertiary/aromatic N) is 1. The predicted octanol–water partition coefficient (Wildman–Crippen LogP) is 3.11. The molecular weight excluding hydrogens is 356 g/mol. The number of carbonyl (C=O) groups excluding carboxylic acids is 2. The Hall–Kier alpha value is -3.02. The van der Waals surface area contributed by atoms with Crippen molar-refractivity contribution in [2.75, 3.05) is 27.3 Å². The number of hydrogen-bond donors (Lipinski definition) is 1. The number of aryl methyl sites for hydroxylation is 1. The SMILES string of the molecule is COc1ccc(C2CCCN2C(=O)CNC(=O)c2ccc(C)cc2)cc1OC. The summed E-state index contributed by atoms with van der Waals surface area (Å²) in [5.41, 5.74) is 2.65. The maximum absolute atomic E-state index is 12.8. The number of methoxy groups -OCH3 is 2. The van der Waals surface area contributed by atoms with Gasteiger partial charge in [-0.05, 0) is 49.6 Å². The second kappa shape index (κ2) is 8.78. The van der Waals surface area contributed by atoms with Gasteiger partial charge in [0.15, 0.2) is 11.5 Å². The van der Waals surface area contributed by atoms with Crippen molar-refractivity contribution in [3.63, 3.8) is 0 Å². The van der Waals surface area contributed by atoms with E-state index in [0.717, 1.165) is 24.0 Å². The molecule has 2 amide bonds. The van der Waals surface area contributed by atoms with Gasteiger partial charge in [0.2, 0.25) is 5.91 Å². The number of benzene rings is 2. The topological polar surface area (TPSA) is 67.9 Å². The minimum absolute atomic E-state index is 0.0174. The Bertz CT molecular complexity index is 848. The quantitative estimate of drug-likeness (QED) is 0.834. The molecule has 0 radical (unpaired) electrons. The summed E-state index contributed by atoms with van der Waals surface area (Å²) in [4.78, 5) is 26.9. The lowest BCUT2D eigenvalue weighted by Gasteiger charge is -2.26. The first-order valence-corrected chi connectivity index (χ1v) is 9.39. The Morgan fingerprint density at radius 3 is 2.46 bits per heavy atom. The first kappa shape index (κ1) is 19.7. The second-order valence-corrected chi connectivity index (χ2v) is 6.91. The lowest BCUT2D eigenvalue weighted by atomic mass is 10.0. The molecule has 28 heavy (non-hydrogen) atoms. The van der Waals surface area contributed by atoms with E-state index in [9.17, 15) is 9.59 Å². The van der Waals surface area contributed by atoms with E-state index in [1.807, 2.05) is 42.2 Å². The molecule has 0 aliphatic carbocycles. The molecule has 1 aliphatic heterocycles. The zero-order chi connectivity index (χ0) is 20.1. The number of ether oxygens (including phenoxy) is 2. The van der Waals surface area contributed by atoms with Crippen LogP contribution in [-0.2, 0) is 4.79 Å². The van der Waals surface area contributed by atoms with E-state index in [2.05, 4.69) is 5.32 Å². The molecule has 1 heterocycles. The van der Waals surface area contributed by atoms with E-state index in [-0.39, 0.29) is 24.4 Å². The summed E-state index contributed by atoms with van der Waals surface area (Å²) < 4.78 is 10.7. The summed E-state index contributed by atoms with van der Waals surface area (Å²) in [6.07, 6.45) is 1.81. The van der Waals surface area contributed by atoms with Gasteiger partial charge in [-0.15, -0.1) is 0 Å². The highest BCUT2D eigenvalue weighted by molar-refractivity contribution is 5.96. The van der Waals surface area contributed by atoms with Crippen LogP contribution >= 0.6 is 0 Å². The summed E-state index contributed by atoms with van der Waals surface area (Å²) in [6.45, 7) is 2.63. The molecule has 1 saturated heterocycles. The Labute approximate surface area is 165 Å². The van der Waals surface area contributed by atoms with Gasteiger partial charge in [-0.3, -0.25) is 9.59 Å². The standard InChI is InChI=1S/C22H26N2O4/c1-15-6-8-16(9-7-15)22(26)23-14-21(25)24-12-4-5-18(24)17-10-11-19(27-2)20(13-17)28-3/h6-11,13,18H,4-5,12,14H2,1-3H3,(H,23,26). The number of amides is 2. The van der Waals surface area contributed by atoms with Crippen molar-refractivity contribution in [1.82, 2.24) is 10.2 Å². The third-order valence-corrected chi connectivity index (χ3v) is 5.08. The Morgan fingerprint density at radius 2 is 1.79 bits per heavy atom. The molecule has 2 aromatic carbocycles. The lowest BCUT2D eigenvalue weighted by molar-refractivity contribution is -0.131. The molecule has 0 aromatic heterocycles. The number of likely N-dealkylation sites (tertiary alicyclic amines) is 1. The van der Waals surface area contributed by atoms with Crippen LogP contribution in [-0.4, -0.2) is 44.0 Å². The Morgan fingerprint density at radius 1 is 1.07 bits per heavy atom. The number of rotatable bonds is 6. The molecular formula is C22H26N2O4. The summed E-state index contributed by atoms with van der Waals surface area (Å²) in [5.74, 6) is 0.979.